The molecule has 0 aliphatic rings. The Kier molecular flexibility index (Phi) is 6.19. The number of hydrogen-bond donors (Lipinski definition) is 4. The van der Waals surface area contributed by atoms with E-state index >= 15 is 0 Å². The number of para-hydroxylation sites is 1. The molecule has 0 heterocycles. The SMILES string of the molecule is O=C(Nc1ccccc1SC(F)F)N[C@@H](CO)C(=O)O. The second kappa shape index (κ2) is 7.65. The number of aliphatic hydroxyl groups excluding tert-OH is 1. The first-order valence-corrected chi connectivity index (χ1v) is 6.27. The van der Waals surface area contributed by atoms with Crippen LogP contribution in [0.3, 0.4) is 0 Å². The lowest BCUT2D eigenvalue weighted by Crippen LogP contribution is -2.45. The number of rotatable bonds is 6. The molecule has 2 amide bonds. The van der Waals surface area contributed by atoms with E-state index in [1.807, 2.05) is 5.32 Å². The molecule has 0 saturated heterocycles. The van der Waals surface area contributed by atoms with Crippen molar-refractivity contribution >= 4 is 29.4 Å². The lowest BCUT2D eigenvalue weighted by atomic mass is 10.3. The Balaban J connectivity index is 2.73. The molecule has 6 nitrogen and oxygen atoms in total. The topological polar surface area (TPSA) is 98.7 Å². The highest BCUT2D eigenvalue weighted by Gasteiger charge is 2.19. The molecule has 1 atom stereocenters. The van der Waals surface area contributed by atoms with Crippen molar-refractivity contribution in [3.8, 4) is 0 Å². The lowest BCUT2D eigenvalue weighted by molar-refractivity contribution is -0.140. The van der Waals surface area contributed by atoms with Crippen molar-refractivity contribution in [3.05, 3.63) is 24.3 Å². The Morgan fingerprint density at radius 3 is 2.50 bits per heavy atom. The maximum atomic E-state index is 12.3. The smallest absolute Gasteiger partial charge is 0.328 e. The van der Waals surface area contributed by atoms with E-state index in [1.165, 1.54) is 24.3 Å². The molecule has 1 rings (SSSR count). The van der Waals surface area contributed by atoms with Crippen LogP contribution in [0.4, 0.5) is 19.3 Å². The molecule has 0 aromatic heterocycles. The number of carbonyl (C=O) groups is 2. The summed E-state index contributed by atoms with van der Waals surface area (Å²) in [6, 6.07) is 3.48. The van der Waals surface area contributed by atoms with E-state index in [2.05, 4.69) is 5.32 Å². The zero-order valence-electron chi connectivity index (χ0n) is 10.0. The number of aliphatic hydroxyl groups is 1. The third-order valence-electron chi connectivity index (χ3n) is 2.14. The molecule has 0 saturated carbocycles. The molecule has 20 heavy (non-hydrogen) atoms. The number of halogens is 2. The van der Waals surface area contributed by atoms with E-state index < -0.39 is 30.4 Å². The zero-order chi connectivity index (χ0) is 15.1. The molecule has 0 radical (unpaired) electrons. The molecule has 0 fully saturated rings. The quantitative estimate of drug-likeness (QED) is 0.598. The average molecular weight is 306 g/mol. The monoisotopic (exact) mass is 306 g/mol. The van der Waals surface area contributed by atoms with E-state index in [0.29, 0.717) is 0 Å². The number of urea groups is 1. The summed E-state index contributed by atoms with van der Waals surface area (Å²) in [4.78, 5) is 22.3. The minimum atomic E-state index is -2.65. The van der Waals surface area contributed by atoms with Crippen molar-refractivity contribution in [2.24, 2.45) is 0 Å². The van der Waals surface area contributed by atoms with Gasteiger partial charge in [0, 0.05) is 4.90 Å². The van der Waals surface area contributed by atoms with Gasteiger partial charge in [0.1, 0.15) is 0 Å². The summed E-state index contributed by atoms with van der Waals surface area (Å²) in [5.74, 6) is -4.05. The average Bonchev–Trinajstić information content (AvgIpc) is 2.37. The molecule has 0 spiro atoms. The summed E-state index contributed by atoms with van der Waals surface area (Å²) < 4.78 is 24.7. The van der Waals surface area contributed by atoms with E-state index in [0.717, 1.165) is 0 Å². The number of hydrogen-bond acceptors (Lipinski definition) is 4. The Morgan fingerprint density at radius 2 is 1.95 bits per heavy atom. The van der Waals surface area contributed by atoms with Crippen LogP contribution in [-0.2, 0) is 4.79 Å². The molecule has 0 bridgehead atoms. The number of carboxylic acid groups (broad SMARTS) is 1. The number of thioether (sulfide) groups is 1. The molecule has 0 aliphatic carbocycles. The maximum absolute atomic E-state index is 12.3. The fourth-order valence-electron chi connectivity index (χ4n) is 1.27. The van der Waals surface area contributed by atoms with E-state index in [-0.39, 0.29) is 22.3 Å². The standard InChI is InChI=1S/C11H12F2N2O4S/c12-10(13)20-8-4-2-1-3-6(8)14-11(19)15-7(5-16)9(17)18/h1-4,7,10,16H,5H2,(H,17,18)(H2,14,15,19)/t7-/m0/s1. The van der Waals surface area contributed by atoms with Crippen LogP contribution < -0.4 is 10.6 Å². The number of aliphatic carboxylic acids is 1. The van der Waals surface area contributed by atoms with Gasteiger partial charge < -0.3 is 20.8 Å². The van der Waals surface area contributed by atoms with E-state index in [4.69, 9.17) is 10.2 Å². The first-order chi connectivity index (χ1) is 9.43. The van der Waals surface area contributed by atoms with Gasteiger partial charge in [-0.1, -0.05) is 23.9 Å². The highest BCUT2D eigenvalue weighted by Crippen LogP contribution is 2.31. The first-order valence-electron chi connectivity index (χ1n) is 5.39. The molecule has 110 valence electrons. The predicted molar refractivity (Wildman–Crippen MR) is 69.0 cm³/mol. The van der Waals surface area contributed by atoms with Gasteiger partial charge in [0.05, 0.1) is 12.3 Å². The van der Waals surface area contributed by atoms with Crippen LogP contribution in [0.25, 0.3) is 0 Å². The molecule has 1 aromatic carbocycles. The van der Waals surface area contributed by atoms with Crippen LogP contribution in [-0.4, -0.2) is 40.6 Å². The van der Waals surface area contributed by atoms with Gasteiger partial charge >= 0.3 is 12.0 Å². The second-order valence-corrected chi connectivity index (χ2v) is 4.58. The van der Waals surface area contributed by atoms with Gasteiger partial charge in [-0.3, -0.25) is 0 Å². The van der Waals surface area contributed by atoms with Gasteiger partial charge in [-0.05, 0) is 12.1 Å². The predicted octanol–water partition coefficient (Wildman–Crippen LogP) is 1.57. The number of alkyl halides is 2. The van der Waals surface area contributed by atoms with Gasteiger partial charge in [0.25, 0.3) is 5.76 Å². The van der Waals surface area contributed by atoms with Crippen LogP contribution in [0.2, 0.25) is 0 Å². The number of benzene rings is 1. The fourth-order valence-corrected chi connectivity index (χ4v) is 1.87. The zero-order valence-corrected chi connectivity index (χ0v) is 10.9. The van der Waals surface area contributed by atoms with Crippen molar-refractivity contribution in [2.75, 3.05) is 11.9 Å². The summed E-state index contributed by atoms with van der Waals surface area (Å²) in [6.45, 7) is -0.782. The minimum absolute atomic E-state index is 0.123. The maximum Gasteiger partial charge on any atom is 0.328 e. The summed E-state index contributed by atoms with van der Waals surface area (Å²) in [5, 5.41) is 21.7. The fraction of sp³-hybridized carbons (Fsp3) is 0.273. The third-order valence-corrected chi connectivity index (χ3v) is 2.93. The minimum Gasteiger partial charge on any atom is -0.480 e. The van der Waals surface area contributed by atoms with Crippen LogP contribution >= 0.6 is 11.8 Å². The van der Waals surface area contributed by atoms with Crippen molar-refractivity contribution in [3.63, 3.8) is 0 Å². The van der Waals surface area contributed by atoms with Gasteiger partial charge in [-0.25, -0.2) is 9.59 Å². The third kappa shape index (κ3) is 5.02. The molecule has 9 heteroatoms. The number of nitrogens with one attached hydrogen (secondary N) is 2. The number of amides is 2. The number of carboxylic acids is 1. The molecular weight excluding hydrogens is 294 g/mol. The van der Waals surface area contributed by atoms with Crippen LogP contribution in [0.15, 0.2) is 29.2 Å². The highest BCUT2D eigenvalue weighted by molar-refractivity contribution is 7.99. The Labute approximate surface area is 117 Å². The summed E-state index contributed by atoms with van der Waals surface area (Å²) in [6.07, 6.45) is 0. The van der Waals surface area contributed by atoms with Crippen LogP contribution in [0.5, 0.6) is 0 Å². The van der Waals surface area contributed by atoms with Gasteiger partial charge in [0.2, 0.25) is 0 Å². The van der Waals surface area contributed by atoms with Gasteiger partial charge in [-0.15, -0.1) is 0 Å². The Morgan fingerprint density at radius 1 is 1.30 bits per heavy atom. The van der Waals surface area contributed by atoms with Crippen LogP contribution in [0, 0.1) is 0 Å². The van der Waals surface area contributed by atoms with Crippen molar-refractivity contribution in [1.29, 1.82) is 0 Å². The molecule has 1 aromatic rings. The first kappa shape index (κ1) is 16.2. The molecule has 0 unspecified atom stereocenters. The summed E-state index contributed by atoms with van der Waals surface area (Å²) in [7, 11) is 0. The Hall–Kier alpha value is -1.87. The van der Waals surface area contributed by atoms with Crippen molar-refractivity contribution in [1.82, 2.24) is 5.32 Å². The van der Waals surface area contributed by atoms with Gasteiger partial charge in [-0.2, -0.15) is 8.78 Å². The van der Waals surface area contributed by atoms with Crippen LogP contribution in [0.1, 0.15) is 0 Å². The highest BCUT2D eigenvalue weighted by atomic mass is 32.2. The normalized spacial score (nSPS) is 12.0. The lowest BCUT2D eigenvalue weighted by Gasteiger charge is -2.14. The number of carbonyl (C=O) groups excluding carboxylic acids is 1. The van der Waals surface area contributed by atoms with E-state index in [1.54, 1.807) is 0 Å². The Bertz CT molecular complexity index is 487. The second-order valence-electron chi connectivity index (χ2n) is 3.55. The van der Waals surface area contributed by atoms with Crippen molar-refractivity contribution < 1.29 is 28.6 Å². The van der Waals surface area contributed by atoms with Gasteiger partial charge in [0.15, 0.2) is 6.04 Å². The molecule has 4 N–H and O–H groups in total. The molecular formula is C11H12F2N2O4S. The summed E-state index contributed by atoms with van der Waals surface area (Å²) in [5.41, 5.74) is 0.123. The van der Waals surface area contributed by atoms with E-state index in [9.17, 15) is 18.4 Å². The largest absolute Gasteiger partial charge is 0.480 e. The summed E-state index contributed by atoms with van der Waals surface area (Å²) >= 11 is 0.256. The van der Waals surface area contributed by atoms with Crippen molar-refractivity contribution in [2.45, 2.75) is 16.7 Å². The molecule has 0 aliphatic heterocycles. The number of anilines is 1.